The molecule has 1 aliphatic rings. The Labute approximate surface area is 138 Å². The summed E-state index contributed by atoms with van der Waals surface area (Å²) in [5.41, 5.74) is 3.42. The molecule has 0 unspecified atom stereocenters. The summed E-state index contributed by atoms with van der Waals surface area (Å²) in [5.74, 6) is -0.428. The monoisotopic (exact) mass is 324 g/mol. The van der Waals surface area contributed by atoms with Crippen LogP contribution in [-0.2, 0) is 17.6 Å². The first-order valence-corrected chi connectivity index (χ1v) is 8.05. The van der Waals surface area contributed by atoms with Gasteiger partial charge in [0.05, 0.1) is 23.9 Å². The van der Waals surface area contributed by atoms with Crippen molar-refractivity contribution in [3.8, 4) is 0 Å². The number of nitrogens with one attached hydrogen (secondary N) is 1. The normalized spacial score (nSPS) is 16.8. The first kappa shape index (κ1) is 14.8. The van der Waals surface area contributed by atoms with Crippen LogP contribution in [0.15, 0.2) is 42.9 Å². The molecule has 1 amide bonds. The predicted molar refractivity (Wildman–Crippen MR) is 86.9 cm³/mol. The second-order valence-corrected chi connectivity index (χ2v) is 6.08. The lowest BCUT2D eigenvalue weighted by Crippen LogP contribution is -2.32. The summed E-state index contributed by atoms with van der Waals surface area (Å²) < 4.78 is 14.8. The molecule has 4 rings (SSSR count). The summed E-state index contributed by atoms with van der Waals surface area (Å²) >= 11 is 0. The zero-order valence-electron chi connectivity index (χ0n) is 13.1. The third-order valence-electron chi connectivity index (χ3n) is 4.34. The third kappa shape index (κ3) is 2.87. The smallest absolute Gasteiger partial charge is 0.226 e. The van der Waals surface area contributed by atoms with Gasteiger partial charge in [0, 0.05) is 18.6 Å². The number of aryl methyl sites for hydroxylation is 1. The number of amides is 1. The second-order valence-electron chi connectivity index (χ2n) is 6.08. The Balaban J connectivity index is 1.48. The van der Waals surface area contributed by atoms with Crippen molar-refractivity contribution in [1.82, 2.24) is 19.7 Å². The van der Waals surface area contributed by atoms with Crippen LogP contribution >= 0.6 is 0 Å². The number of nitrogens with zero attached hydrogens (tertiary/aromatic N) is 3. The molecular weight excluding hydrogens is 307 g/mol. The molecule has 1 aliphatic carbocycles. The lowest BCUT2D eigenvalue weighted by atomic mass is 9.92. The van der Waals surface area contributed by atoms with E-state index in [1.807, 2.05) is 6.07 Å². The topological polar surface area (TPSA) is 59.3 Å². The molecule has 0 spiro atoms. The standard InChI is InChI=1S/C18H17FN4O/c19-13-6-7-16-21-14(11-23(16)10-13)9-17(24)22-15-5-1-3-12-4-2-8-20-18(12)15/h2,4,6-8,10-11,15H,1,3,5,9H2,(H,22,24)/t15-/m0/s1. The summed E-state index contributed by atoms with van der Waals surface area (Å²) in [7, 11) is 0. The largest absolute Gasteiger partial charge is 0.347 e. The molecule has 3 aromatic heterocycles. The van der Waals surface area contributed by atoms with Gasteiger partial charge in [0.2, 0.25) is 5.91 Å². The molecule has 0 saturated carbocycles. The average Bonchev–Trinajstić information content (AvgIpc) is 2.96. The highest BCUT2D eigenvalue weighted by Gasteiger charge is 2.23. The number of aromatic nitrogens is 3. The minimum atomic E-state index is -0.333. The Morgan fingerprint density at radius 1 is 1.33 bits per heavy atom. The fourth-order valence-corrected chi connectivity index (χ4v) is 3.26. The number of imidazole rings is 1. The van der Waals surface area contributed by atoms with E-state index < -0.39 is 0 Å². The van der Waals surface area contributed by atoms with Gasteiger partial charge in [0.25, 0.3) is 0 Å². The fourth-order valence-electron chi connectivity index (χ4n) is 3.26. The van der Waals surface area contributed by atoms with E-state index in [2.05, 4.69) is 21.4 Å². The van der Waals surface area contributed by atoms with E-state index in [1.165, 1.54) is 17.8 Å². The van der Waals surface area contributed by atoms with Crippen molar-refractivity contribution >= 4 is 11.6 Å². The number of fused-ring (bicyclic) bond motifs is 2. The molecule has 1 N–H and O–H groups in total. The van der Waals surface area contributed by atoms with Crippen LogP contribution in [0.4, 0.5) is 4.39 Å². The summed E-state index contributed by atoms with van der Waals surface area (Å²) in [5, 5.41) is 3.05. The Kier molecular flexibility index (Phi) is 3.72. The van der Waals surface area contributed by atoms with Crippen molar-refractivity contribution in [1.29, 1.82) is 0 Å². The van der Waals surface area contributed by atoms with E-state index in [-0.39, 0.29) is 24.2 Å². The number of carbonyl (C=O) groups excluding carboxylic acids is 1. The maximum absolute atomic E-state index is 13.2. The van der Waals surface area contributed by atoms with E-state index in [9.17, 15) is 9.18 Å². The third-order valence-corrected chi connectivity index (χ3v) is 4.34. The van der Waals surface area contributed by atoms with Gasteiger partial charge in [-0.2, -0.15) is 0 Å². The number of hydrogen-bond donors (Lipinski definition) is 1. The van der Waals surface area contributed by atoms with Gasteiger partial charge >= 0.3 is 0 Å². The lowest BCUT2D eigenvalue weighted by Gasteiger charge is -2.25. The molecule has 0 aromatic carbocycles. The van der Waals surface area contributed by atoms with Gasteiger partial charge in [-0.25, -0.2) is 9.37 Å². The van der Waals surface area contributed by atoms with Crippen molar-refractivity contribution in [2.45, 2.75) is 31.7 Å². The zero-order chi connectivity index (χ0) is 16.5. The number of carbonyl (C=O) groups is 1. The summed E-state index contributed by atoms with van der Waals surface area (Å²) in [6, 6.07) is 6.90. The summed E-state index contributed by atoms with van der Waals surface area (Å²) in [6.07, 6.45) is 7.91. The number of hydrogen-bond acceptors (Lipinski definition) is 3. The predicted octanol–water partition coefficient (Wildman–Crippen LogP) is 2.60. The highest BCUT2D eigenvalue weighted by Crippen LogP contribution is 2.27. The Bertz CT molecular complexity index is 905. The molecule has 24 heavy (non-hydrogen) atoms. The van der Waals surface area contributed by atoms with Crippen molar-refractivity contribution in [2.24, 2.45) is 0 Å². The number of halogens is 1. The Morgan fingerprint density at radius 3 is 3.17 bits per heavy atom. The summed E-state index contributed by atoms with van der Waals surface area (Å²) in [6.45, 7) is 0. The molecule has 3 aromatic rings. The van der Waals surface area contributed by atoms with Crippen LogP contribution in [0.5, 0.6) is 0 Å². The first-order valence-electron chi connectivity index (χ1n) is 8.05. The SMILES string of the molecule is O=C(Cc1cn2cc(F)ccc2n1)N[C@H]1CCCc2cccnc21. The molecule has 0 aliphatic heterocycles. The molecule has 0 radical (unpaired) electrons. The van der Waals surface area contributed by atoms with Gasteiger partial charge in [0.15, 0.2) is 0 Å². The van der Waals surface area contributed by atoms with Crippen molar-refractivity contribution < 1.29 is 9.18 Å². The van der Waals surface area contributed by atoms with E-state index in [4.69, 9.17) is 0 Å². The molecule has 0 saturated heterocycles. The maximum atomic E-state index is 13.2. The minimum absolute atomic E-state index is 0.0445. The van der Waals surface area contributed by atoms with Crippen LogP contribution in [0.1, 0.15) is 35.8 Å². The highest BCUT2D eigenvalue weighted by atomic mass is 19.1. The van der Waals surface area contributed by atoms with Crippen LogP contribution in [0.2, 0.25) is 0 Å². The van der Waals surface area contributed by atoms with Crippen LogP contribution in [0.25, 0.3) is 5.65 Å². The van der Waals surface area contributed by atoms with E-state index in [0.717, 1.165) is 25.0 Å². The maximum Gasteiger partial charge on any atom is 0.226 e. The summed E-state index contributed by atoms with van der Waals surface area (Å²) in [4.78, 5) is 21.2. The molecule has 0 fully saturated rings. The first-order chi connectivity index (χ1) is 11.7. The molecule has 3 heterocycles. The van der Waals surface area contributed by atoms with Crippen LogP contribution in [-0.4, -0.2) is 20.3 Å². The quantitative estimate of drug-likeness (QED) is 0.805. The molecule has 0 bridgehead atoms. The van der Waals surface area contributed by atoms with Gasteiger partial charge in [0.1, 0.15) is 11.5 Å². The van der Waals surface area contributed by atoms with Crippen molar-refractivity contribution in [3.63, 3.8) is 0 Å². The van der Waals surface area contributed by atoms with Gasteiger partial charge < -0.3 is 9.72 Å². The van der Waals surface area contributed by atoms with Gasteiger partial charge in [-0.3, -0.25) is 9.78 Å². The van der Waals surface area contributed by atoms with E-state index >= 15 is 0 Å². The molecule has 1 atom stereocenters. The second kappa shape index (κ2) is 6.03. The molecule has 6 heteroatoms. The minimum Gasteiger partial charge on any atom is -0.347 e. The van der Waals surface area contributed by atoms with Crippen LogP contribution < -0.4 is 5.32 Å². The Hall–Kier alpha value is -2.76. The van der Waals surface area contributed by atoms with Crippen LogP contribution in [0, 0.1) is 5.82 Å². The zero-order valence-corrected chi connectivity index (χ0v) is 13.1. The van der Waals surface area contributed by atoms with Gasteiger partial charge in [-0.1, -0.05) is 6.07 Å². The lowest BCUT2D eigenvalue weighted by molar-refractivity contribution is -0.121. The highest BCUT2D eigenvalue weighted by molar-refractivity contribution is 5.78. The Morgan fingerprint density at radius 2 is 2.25 bits per heavy atom. The van der Waals surface area contributed by atoms with Crippen molar-refractivity contribution in [3.05, 3.63) is 65.6 Å². The van der Waals surface area contributed by atoms with Crippen LogP contribution in [0.3, 0.4) is 0 Å². The van der Waals surface area contributed by atoms with Crippen molar-refractivity contribution in [2.75, 3.05) is 0 Å². The number of rotatable bonds is 3. The average molecular weight is 324 g/mol. The fraction of sp³-hybridized carbons (Fsp3) is 0.278. The van der Waals surface area contributed by atoms with E-state index in [0.29, 0.717) is 11.3 Å². The molecule has 122 valence electrons. The number of pyridine rings is 2. The van der Waals surface area contributed by atoms with E-state index in [1.54, 1.807) is 22.9 Å². The van der Waals surface area contributed by atoms with Gasteiger partial charge in [-0.15, -0.1) is 0 Å². The molecular formula is C18H17FN4O. The van der Waals surface area contributed by atoms with Gasteiger partial charge in [-0.05, 0) is 43.0 Å². The molecule has 5 nitrogen and oxygen atoms in total.